The van der Waals surface area contributed by atoms with E-state index in [-0.39, 0.29) is 22.9 Å². The van der Waals surface area contributed by atoms with Crippen molar-refractivity contribution >= 4 is 11.6 Å². The van der Waals surface area contributed by atoms with Crippen molar-refractivity contribution in [2.75, 3.05) is 6.61 Å². The molecule has 1 aromatic carbocycles. The normalized spacial score (nSPS) is 11.3. The number of nitrogens with zero attached hydrogens (tertiary/aromatic N) is 3. The Hall–Kier alpha value is -2.09. The minimum absolute atomic E-state index is 0.00496. The molecule has 0 N–H and O–H groups in total. The van der Waals surface area contributed by atoms with Crippen LogP contribution in [0.5, 0.6) is 11.8 Å². The molecule has 0 spiro atoms. The van der Waals surface area contributed by atoms with E-state index >= 15 is 0 Å². The summed E-state index contributed by atoms with van der Waals surface area (Å²) in [6.07, 6.45) is -4.77. The first-order valence-corrected chi connectivity index (χ1v) is 6.16. The molecule has 0 aliphatic heterocycles. The third-order valence-corrected chi connectivity index (χ3v) is 2.36. The SMILES string of the molecule is CCOc1nc(Cl)nc(-c2cccc(OC(F)(F)F)c2)n1. The third kappa shape index (κ3) is 4.45. The van der Waals surface area contributed by atoms with E-state index in [1.165, 1.54) is 18.2 Å². The van der Waals surface area contributed by atoms with Gasteiger partial charge in [-0.3, -0.25) is 0 Å². The molecule has 2 aromatic rings. The Labute approximate surface area is 122 Å². The summed E-state index contributed by atoms with van der Waals surface area (Å²) in [5.74, 6) is -0.291. The van der Waals surface area contributed by atoms with Crippen LogP contribution in [0.4, 0.5) is 13.2 Å². The van der Waals surface area contributed by atoms with Gasteiger partial charge in [-0.25, -0.2) is 0 Å². The lowest BCUT2D eigenvalue weighted by Crippen LogP contribution is -2.17. The Morgan fingerprint density at radius 1 is 1.19 bits per heavy atom. The largest absolute Gasteiger partial charge is 0.573 e. The number of benzene rings is 1. The van der Waals surface area contributed by atoms with E-state index in [0.29, 0.717) is 12.2 Å². The maximum Gasteiger partial charge on any atom is 0.573 e. The maximum atomic E-state index is 12.2. The number of hydrogen-bond acceptors (Lipinski definition) is 5. The molecule has 0 aliphatic carbocycles. The zero-order valence-electron chi connectivity index (χ0n) is 10.7. The molecule has 0 bridgehead atoms. The van der Waals surface area contributed by atoms with Crippen LogP contribution in [-0.2, 0) is 0 Å². The van der Waals surface area contributed by atoms with Gasteiger partial charge in [0.15, 0.2) is 5.82 Å². The zero-order chi connectivity index (χ0) is 15.5. The number of ether oxygens (including phenoxy) is 2. The van der Waals surface area contributed by atoms with Gasteiger partial charge < -0.3 is 9.47 Å². The molecule has 112 valence electrons. The number of rotatable bonds is 4. The van der Waals surface area contributed by atoms with Crippen molar-refractivity contribution in [2.24, 2.45) is 0 Å². The molecular weight excluding hydrogens is 311 g/mol. The molecule has 21 heavy (non-hydrogen) atoms. The molecule has 0 amide bonds. The second-order valence-electron chi connectivity index (χ2n) is 3.72. The molecule has 2 rings (SSSR count). The average Bonchev–Trinajstić information content (AvgIpc) is 2.36. The van der Waals surface area contributed by atoms with Gasteiger partial charge in [0.2, 0.25) is 5.28 Å². The predicted molar refractivity (Wildman–Crippen MR) is 68.1 cm³/mol. The lowest BCUT2D eigenvalue weighted by molar-refractivity contribution is -0.274. The van der Waals surface area contributed by atoms with Gasteiger partial charge in [0.1, 0.15) is 5.75 Å². The molecule has 0 saturated carbocycles. The average molecular weight is 320 g/mol. The Bertz CT molecular complexity index is 637. The van der Waals surface area contributed by atoms with Crippen LogP contribution < -0.4 is 9.47 Å². The van der Waals surface area contributed by atoms with Gasteiger partial charge in [0, 0.05) is 5.56 Å². The number of hydrogen-bond donors (Lipinski definition) is 0. The fraction of sp³-hybridized carbons (Fsp3) is 0.250. The van der Waals surface area contributed by atoms with Gasteiger partial charge >= 0.3 is 12.4 Å². The van der Waals surface area contributed by atoms with Crippen LogP contribution in [0.1, 0.15) is 6.92 Å². The lowest BCUT2D eigenvalue weighted by Gasteiger charge is -2.10. The second kappa shape index (κ2) is 6.13. The second-order valence-corrected chi connectivity index (χ2v) is 4.06. The van der Waals surface area contributed by atoms with E-state index in [1.54, 1.807) is 6.92 Å². The predicted octanol–water partition coefficient (Wildman–Crippen LogP) is 3.49. The van der Waals surface area contributed by atoms with Gasteiger partial charge in [-0.2, -0.15) is 15.0 Å². The van der Waals surface area contributed by atoms with E-state index in [4.69, 9.17) is 16.3 Å². The molecule has 0 radical (unpaired) electrons. The Balaban J connectivity index is 2.35. The van der Waals surface area contributed by atoms with Crippen LogP contribution >= 0.6 is 11.6 Å². The van der Waals surface area contributed by atoms with Crippen LogP contribution in [0, 0.1) is 0 Å². The van der Waals surface area contributed by atoms with Crippen LogP contribution in [0.3, 0.4) is 0 Å². The van der Waals surface area contributed by atoms with Crippen molar-refractivity contribution in [2.45, 2.75) is 13.3 Å². The lowest BCUT2D eigenvalue weighted by atomic mass is 10.2. The van der Waals surface area contributed by atoms with Gasteiger partial charge in [0.05, 0.1) is 6.61 Å². The molecule has 1 aromatic heterocycles. The summed E-state index contributed by atoms with van der Waals surface area (Å²) in [7, 11) is 0. The minimum Gasteiger partial charge on any atom is -0.464 e. The van der Waals surface area contributed by atoms with Crippen molar-refractivity contribution in [1.29, 1.82) is 0 Å². The van der Waals surface area contributed by atoms with Crippen molar-refractivity contribution in [3.05, 3.63) is 29.5 Å². The summed E-state index contributed by atoms with van der Waals surface area (Å²) < 4.78 is 45.5. The quantitative estimate of drug-likeness (QED) is 0.863. The van der Waals surface area contributed by atoms with Crippen LogP contribution in [0.2, 0.25) is 5.28 Å². The molecule has 0 unspecified atom stereocenters. The first-order valence-electron chi connectivity index (χ1n) is 5.78. The molecule has 0 fully saturated rings. The highest BCUT2D eigenvalue weighted by Crippen LogP contribution is 2.27. The standard InChI is InChI=1S/C12H9ClF3N3O2/c1-2-20-11-18-9(17-10(13)19-11)7-4-3-5-8(6-7)21-12(14,15)16/h3-6H,2H2,1H3. The van der Waals surface area contributed by atoms with Gasteiger partial charge in [-0.1, -0.05) is 12.1 Å². The number of aromatic nitrogens is 3. The highest BCUT2D eigenvalue weighted by Gasteiger charge is 2.31. The summed E-state index contributed by atoms with van der Waals surface area (Å²) in [4.78, 5) is 11.6. The third-order valence-electron chi connectivity index (χ3n) is 2.19. The molecule has 5 nitrogen and oxygen atoms in total. The van der Waals surface area contributed by atoms with Crippen molar-refractivity contribution < 1.29 is 22.6 Å². The first kappa shape index (κ1) is 15.3. The molecule has 0 saturated heterocycles. The van der Waals surface area contributed by atoms with Crippen LogP contribution in [0.25, 0.3) is 11.4 Å². The van der Waals surface area contributed by atoms with Crippen molar-refractivity contribution in [3.63, 3.8) is 0 Å². The summed E-state index contributed by atoms with van der Waals surface area (Å²) in [6, 6.07) is 5.21. The Kier molecular flexibility index (Phi) is 4.46. The van der Waals surface area contributed by atoms with Crippen molar-refractivity contribution in [1.82, 2.24) is 15.0 Å². The van der Waals surface area contributed by atoms with Crippen LogP contribution in [0.15, 0.2) is 24.3 Å². The Morgan fingerprint density at radius 2 is 1.95 bits per heavy atom. The summed E-state index contributed by atoms with van der Waals surface area (Å²) in [5, 5.41) is -0.120. The highest BCUT2D eigenvalue weighted by molar-refractivity contribution is 6.28. The zero-order valence-corrected chi connectivity index (χ0v) is 11.4. The van der Waals surface area contributed by atoms with E-state index in [9.17, 15) is 13.2 Å². The fourth-order valence-electron chi connectivity index (χ4n) is 1.49. The van der Waals surface area contributed by atoms with Crippen LogP contribution in [-0.4, -0.2) is 27.9 Å². The fourth-order valence-corrected chi connectivity index (χ4v) is 1.64. The van der Waals surface area contributed by atoms with Gasteiger partial charge in [-0.05, 0) is 30.7 Å². The highest BCUT2D eigenvalue weighted by atomic mass is 35.5. The monoisotopic (exact) mass is 319 g/mol. The van der Waals surface area contributed by atoms with Gasteiger partial charge in [-0.15, -0.1) is 13.2 Å². The molecule has 0 aliphatic rings. The smallest absolute Gasteiger partial charge is 0.464 e. The van der Waals surface area contributed by atoms with E-state index in [2.05, 4.69) is 19.7 Å². The maximum absolute atomic E-state index is 12.2. The number of alkyl halides is 3. The van der Waals surface area contributed by atoms with E-state index in [0.717, 1.165) is 6.07 Å². The topological polar surface area (TPSA) is 57.1 Å². The molecular formula is C12H9ClF3N3O2. The molecule has 0 atom stereocenters. The molecule has 1 heterocycles. The summed E-state index contributed by atoms with van der Waals surface area (Å²) in [5.41, 5.74) is 0.294. The molecule has 9 heteroatoms. The summed E-state index contributed by atoms with van der Waals surface area (Å²) >= 11 is 5.73. The Morgan fingerprint density at radius 3 is 2.62 bits per heavy atom. The van der Waals surface area contributed by atoms with E-state index in [1.807, 2.05) is 0 Å². The summed E-state index contributed by atoms with van der Waals surface area (Å²) in [6.45, 7) is 2.05. The van der Waals surface area contributed by atoms with Gasteiger partial charge in [0.25, 0.3) is 0 Å². The van der Waals surface area contributed by atoms with E-state index < -0.39 is 6.36 Å². The number of halogens is 4. The van der Waals surface area contributed by atoms with Crippen molar-refractivity contribution in [3.8, 4) is 23.1 Å². The first-order chi connectivity index (χ1) is 9.87. The minimum atomic E-state index is -4.77.